The van der Waals surface area contributed by atoms with Crippen molar-refractivity contribution in [3.63, 3.8) is 0 Å². The van der Waals surface area contributed by atoms with E-state index in [1.54, 1.807) is 0 Å². The van der Waals surface area contributed by atoms with Crippen LogP contribution in [-0.4, -0.2) is 10.2 Å². The largest absolute Gasteiger partial charge is 0.382 e. The number of nitrogens with zero attached hydrogens (tertiary/aromatic N) is 1. The highest BCUT2D eigenvalue weighted by Crippen LogP contribution is 2.40. The number of aromatic nitrogens is 2. The Morgan fingerprint density at radius 1 is 1.05 bits per heavy atom. The second-order valence-corrected chi connectivity index (χ2v) is 6.62. The summed E-state index contributed by atoms with van der Waals surface area (Å²) < 4.78 is 1.84. The lowest BCUT2D eigenvalue weighted by molar-refractivity contribution is 1.10. The molecule has 2 aromatic carbocycles. The summed E-state index contributed by atoms with van der Waals surface area (Å²) in [6, 6.07) is 13.7. The van der Waals surface area contributed by atoms with E-state index in [-0.39, 0.29) is 0 Å². The molecule has 106 valence electrons. The first-order valence-electron chi connectivity index (χ1n) is 6.12. The Bertz CT molecular complexity index is 797. The number of halogens is 3. The van der Waals surface area contributed by atoms with Gasteiger partial charge < -0.3 is 5.73 Å². The summed E-state index contributed by atoms with van der Waals surface area (Å²) >= 11 is 13.2. The molecule has 3 rings (SSSR count). The maximum absolute atomic E-state index is 6.38. The van der Waals surface area contributed by atoms with Gasteiger partial charge in [-0.1, -0.05) is 51.8 Å². The third kappa shape index (κ3) is 2.73. The van der Waals surface area contributed by atoms with E-state index in [9.17, 15) is 0 Å². The van der Waals surface area contributed by atoms with Crippen LogP contribution in [0, 0.1) is 0 Å². The molecule has 3 nitrogen and oxygen atoms in total. The number of nitrogens with one attached hydrogen (secondary N) is 1. The van der Waals surface area contributed by atoms with Crippen LogP contribution in [0.25, 0.3) is 22.4 Å². The molecule has 1 aromatic heterocycles. The standard InChI is InChI=1S/C15H10Br2ClN3/c16-9-6-4-8(5-7-9)12-14(20-21-15(12)19)10-2-1-3-11(17)13(10)18/h1-7H,(H3,19,20,21). The summed E-state index contributed by atoms with van der Waals surface area (Å²) in [7, 11) is 0. The molecule has 0 fully saturated rings. The third-order valence-corrected chi connectivity index (χ3v) is 4.97. The number of anilines is 1. The third-order valence-electron chi connectivity index (χ3n) is 3.15. The lowest BCUT2D eigenvalue weighted by Crippen LogP contribution is -1.89. The SMILES string of the molecule is Nc1n[nH]c(-c2cccc(Br)c2Cl)c1-c1ccc(Br)cc1. The average Bonchev–Trinajstić information content (AvgIpc) is 2.85. The van der Waals surface area contributed by atoms with Crippen molar-refractivity contribution in [3.8, 4) is 22.4 Å². The van der Waals surface area contributed by atoms with E-state index >= 15 is 0 Å². The summed E-state index contributed by atoms with van der Waals surface area (Å²) in [5.41, 5.74) is 9.52. The molecule has 21 heavy (non-hydrogen) atoms. The van der Waals surface area contributed by atoms with Crippen LogP contribution in [0.1, 0.15) is 0 Å². The summed E-state index contributed by atoms with van der Waals surface area (Å²) in [6.07, 6.45) is 0. The first kappa shape index (κ1) is 14.6. The molecule has 0 saturated carbocycles. The fourth-order valence-electron chi connectivity index (χ4n) is 2.16. The van der Waals surface area contributed by atoms with E-state index in [2.05, 4.69) is 42.1 Å². The van der Waals surface area contributed by atoms with Crippen LogP contribution < -0.4 is 5.73 Å². The molecular weight excluding hydrogens is 417 g/mol. The zero-order valence-corrected chi connectivity index (χ0v) is 14.6. The van der Waals surface area contributed by atoms with Crippen molar-refractivity contribution in [3.05, 3.63) is 56.4 Å². The number of hydrogen-bond donors (Lipinski definition) is 2. The van der Waals surface area contributed by atoms with Gasteiger partial charge in [-0.25, -0.2) is 0 Å². The molecular formula is C15H10Br2ClN3. The van der Waals surface area contributed by atoms with Gasteiger partial charge in [-0.3, -0.25) is 5.10 Å². The monoisotopic (exact) mass is 425 g/mol. The Balaban J connectivity index is 2.22. The van der Waals surface area contributed by atoms with Crippen molar-refractivity contribution in [1.82, 2.24) is 10.2 Å². The molecule has 3 aromatic rings. The molecule has 0 unspecified atom stereocenters. The van der Waals surface area contributed by atoms with Gasteiger partial charge in [-0.2, -0.15) is 5.10 Å². The maximum Gasteiger partial charge on any atom is 0.153 e. The highest BCUT2D eigenvalue weighted by molar-refractivity contribution is 9.10. The first-order valence-corrected chi connectivity index (χ1v) is 8.08. The maximum atomic E-state index is 6.38. The molecule has 0 aliphatic heterocycles. The van der Waals surface area contributed by atoms with Crippen LogP contribution in [0.2, 0.25) is 5.02 Å². The summed E-state index contributed by atoms with van der Waals surface area (Å²) in [5, 5.41) is 7.73. The molecule has 1 heterocycles. The van der Waals surface area contributed by atoms with Crippen LogP contribution in [0.5, 0.6) is 0 Å². The smallest absolute Gasteiger partial charge is 0.153 e. The molecule has 0 radical (unpaired) electrons. The van der Waals surface area contributed by atoms with Gasteiger partial charge in [-0.15, -0.1) is 0 Å². The van der Waals surface area contributed by atoms with Crippen LogP contribution in [0.3, 0.4) is 0 Å². The Labute approximate surface area is 143 Å². The van der Waals surface area contributed by atoms with E-state index in [1.165, 1.54) is 0 Å². The number of nitrogens with two attached hydrogens (primary N) is 1. The molecule has 0 saturated heterocycles. The zero-order chi connectivity index (χ0) is 15.0. The topological polar surface area (TPSA) is 54.7 Å². The molecule has 6 heteroatoms. The second kappa shape index (κ2) is 5.83. The molecule has 3 N–H and O–H groups in total. The van der Waals surface area contributed by atoms with Crippen LogP contribution in [-0.2, 0) is 0 Å². The fraction of sp³-hybridized carbons (Fsp3) is 0. The van der Waals surface area contributed by atoms with Gasteiger partial charge >= 0.3 is 0 Å². The van der Waals surface area contributed by atoms with Crippen molar-refractivity contribution in [2.24, 2.45) is 0 Å². The molecule has 0 amide bonds. The van der Waals surface area contributed by atoms with Gasteiger partial charge in [0.25, 0.3) is 0 Å². The number of H-pyrrole nitrogens is 1. The Morgan fingerprint density at radius 2 is 1.76 bits per heavy atom. The van der Waals surface area contributed by atoms with Gasteiger partial charge in [0.2, 0.25) is 0 Å². The van der Waals surface area contributed by atoms with Crippen LogP contribution in [0.15, 0.2) is 51.4 Å². The molecule has 0 aliphatic rings. The minimum absolute atomic E-state index is 0.448. The molecule has 0 spiro atoms. The van der Waals surface area contributed by atoms with Crippen molar-refractivity contribution in [2.45, 2.75) is 0 Å². The number of rotatable bonds is 2. The fourth-order valence-corrected chi connectivity index (χ4v) is 3.01. The second-order valence-electron chi connectivity index (χ2n) is 4.47. The van der Waals surface area contributed by atoms with Gasteiger partial charge in [0.05, 0.1) is 16.3 Å². The van der Waals surface area contributed by atoms with Crippen molar-refractivity contribution in [1.29, 1.82) is 0 Å². The minimum Gasteiger partial charge on any atom is -0.382 e. The predicted molar refractivity (Wildman–Crippen MR) is 94.3 cm³/mol. The van der Waals surface area contributed by atoms with Crippen LogP contribution >= 0.6 is 43.5 Å². The number of nitrogen functional groups attached to an aromatic ring is 1. The highest BCUT2D eigenvalue weighted by atomic mass is 79.9. The quantitative estimate of drug-likeness (QED) is 0.567. The van der Waals surface area contributed by atoms with Crippen molar-refractivity contribution < 1.29 is 0 Å². The van der Waals surface area contributed by atoms with E-state index in [0.717, 1.165) is 31.3 Å². The van der Waals surface area contributed by atoms with Gasteiger partial charge in [0, 0.05) is 14.5 Å². The van der Waals surface area contributed by atoms with Crippen molar-refractivity contribution >= 4 is 49.3 Å². The first-order chi connectivity index (χ1) is 10.1. The lowest BCUT2D eigenvalue weighted by atomic mass is 10.0. The summed E-state index contributed by atoms with van der Waals surface area (Å²) in [4.78, 5) is 0. The normalized spacial score (nSPS) is 10.8. The van der Waals surface area contributed by atoms with Crippen molar-refractivity contribution in [2.75, 3.05) is 5.73 Å². The summed E-state index contributed by atoms with van der Waals surface area (Å²) in [5.74, 6) is 0.448. The average molecular weight is 428 g/mol. The highest BCUT2D eigenvalue weighted by Gasteiger charge is 2.17. The van der Waals surface area contributed by atoms with Gasteiger partial charge in [0.15, 0.2) is 5.82 Å². The van der Waals surface area contributed by atoms with Gasteiger partial charge in [0.1, 0.15) is 0 Å². The molecule has 0 aliphatic carbocycles. The Hall–Kier alpha value is -1.30. The Kier molecular flexibility index (Phi) is 4.06. The number of benzene rings is 2. The molecule has 0 bridgehead atoms. The lowest BCUT2D eigenvalue weighted by Gasteiger charge is -2.08. The van der Waals surface area contributed by atoms with E-state index < -0.39 is 0 Å². The van der Waals surface area contributed by atoms with Crippen LogP contribution in [0.4, 0.5) is 5.82 Å². The Morgan fingerprint density at radius 3 is 2.48 bits per heavy atom. The van der Waals surface area contributed by atoms with E-state index in [1.807, 2.05) is 42.5 Å². The zero-order valence-electron chi connectivity index (χ0n) is 10.7. The minimum atomic E-state index is 0.448. The number of aromatic amines is 1. The van der Waals surface area contributed by atoms with E-state index in [0.29, 0.717) is 10.8 Å². The van der Waals surface area contributed by atoms with E-state index in [4.69, 9.17) is 17.3 Å². The number of hydrogen-bond acceptors (Lipinski definition) is 2. The predicted octanol–water partition coefficient (Wildman–Crippen LogP) is 5.50. The molecule has 0 atom stereocenters. The van der Waals surface area contributed by atoms with Gasteiger partial charge in [-0.05, 0) is 39.7 Å². The summed E-state index contributed by atoms with van der Waals surface area (Å²) in [6.45, 7) is 0.